The molecule has 0 N–H and O–H groups in total. The molecule has 1 aromatic heterocycles. The summed E-state index contributed by atoms with van der Waals surface area (Å²) in [7, 11) is 0. The molecule has 0 spiro atoms. The zero-order valence-electron chi connectivity index (χ0n) is 14.5. The van der Waals surface area contributed by atoms with Gasteiger partial charge in [0.05, 0.1) is 11.6 Å². The topological polar surface area (TPSA) is 83.0 Å². The molecular weight excluding hydrogens is 364 g/mol. The number of hydrogen-bond acceptors (Lipinski definition) is 5. The number of rotatable bonds is 3. The van der Waals surface area contributed by atoms with Crippen LogP contribution in [0.15, 0.2) is 47.0 Å². The lowest BCUT2D eigenvalue weighted by Crippen LogP contribution is -2.24. The molecule has 4 rings (SSSR count). The molecule has 1 fully saturated rings. The molecule has 1 amide bonds. The molecule has 0 saturated carbocycles. The summed E-state index contributed by atoms with van der Waals surface area (Å²) >= 11 is 6.19. The van der Waals surface area contributed by atoms with E-state index >= 15 is 0 Å². The fourth-order valence-corrected chi connectivity index (χ4v) is 3.29. The molecular formula is C20H15ClN4O2. The predicted molar refractivity (Wildman–Crippen MR) is 100 cm³/mol. The highest BCUT2D eigenvalue weighted by molar-refractivity contribution is 6.31. The van der Waals surface area contributed by atoms with Crippen molar-refractivity contribution in [3.8, 4) is 17.5 Å². The zero-order valence-corrected chi connectivity index (χ0v) is 15.3. The number of benzene rings is 2. The average Bonchev–Trinajstić information content (AvgIpc) is 3.31. The Bertz CT molecular complexity index is 1070. The van der Waals surface area contributed by atoms with Crippen molar-refractivity contribution < 1.29 is 9.32 Å². The van der Waals surface area contributed by atoms with Crippen molar-refractivity contribution in [1.82, 2.24) is 10.1 Å². The van der Waals surface area contributed by atoms with Crippen LogP contribution < -0.4 is 4.90 Å². The lowest BCUT2D eigenvalue weighted by Gasteiger charge is -2.17. The third kappa shape index (κ3) is 3.29. The number of hydrogen-bond donors (Lipinski definition) is 0. The Kier molecular flexibility index (Phi) is 4.38. The minimum absolute atomic E-state index is 0.00209. The van der Waals surface area contributed by atoms with Crippen LogP contribution in [-0.2, 0) is 4.79 Å². The second-order valence-electron chi connectivity index (χ2n) is 6.49. The Morgan fingerprint density at radius 3 is 2.93 bits per heavy atom. The van der Waals surface area contributed by atoms with E-state index < -0.39 is 0 Å². The molecule has 2 aromatic carbocycles. The van der Waals surface area contributed by atoms with Crippen molar-refractivity contribution >= 4 is 23.2 Å². The number of nitriles is 1. The van der Waals surface area contributed by atoms with Gasteiger partial charge in [-0.05, 0) is 42.8 Å². The number of nitrogens with zero attached hydrogens (tertiary/aromatic N) is 4. The summed E-state index contributed by atoms with van der Waals surface area (Å²) in [5, 5.41) is 13.7. The van der Waals surface area contributed by atoms with Gasteiger partial charge in [-0.25, -0.2) is 0 Å². The lowest BCUT2D eigenvalue weighted by atomic mass is 10.1. The summed E-state index contributed by atoms with van der Waals surface area (Å²) in [6.07, 6.45) is 0.308. The normalized spacial score (nSPS) is 16.6. The fourth-order valence-electron chi connectivity index (χ4n) is 3.12. The van der Waals surface area contributed by atoms with Gasteiger partial charge in [0, 0.05) is 35.2 Å². The number of anilines is 1. The summed E-state index contributed by atoms with van der Waals surface area (Å²) in [5.74, 6) is 0.666. The second kappa shape index (κ2) is 6.86. The Labute approximate surface area is 161 Å². The van der Waals surface area contributed by atoms with Crippen molar-refractivity contribution in [3.05, 3.63) is 64.4 Å². The van der Waals surface area contributed by atoms with Gasteiger partial charge in [-0.1, -0.05) is 28.9 Å². The third-order valence-electron chi connectivity index (χ3n) is 4.64. The van der Waals surface area contributed by atoms with Crippen LogP contribution in [0.4, 0.5) is 5.69 Å². The summed E-state index contributed by atoms with van der Waals surface area (Å²) in [6.45, 7) is 2.39. The monoisotopic (exact) mass is 378 g/mol. The van der Waals surface area contributed by atoms with Gasteiger partial charge in [-0.15, -0.1) is 0 Å². The Morgan fingerprint density at radius 1 is 1.30 bits per heavy atom. The molecule has 7 heteroatoms. The van der Waals surface area contributed by atoms with E-state index in [-0.39, 0.29) is 11.8 Å². The molecule has 0 aliphatic carbocycles. The first-order valence-corrected chi connectivity index (χ1v) is 8.83. The van der Waals surface area contributed by atoms with E-state index in [1.807, 2.05) is 19.1 Å². The van der Waals surface area contributed by atoms with Crippen molar-refractivity contribution in [2.24, 2.45) is 0 Å². The molecule has 1 aliphatic rings. The Balaban J connectivity index is 1.57. The first-order chi connectivity index (χ1) is 13.0. The van der Waals surface area contributed by atoms with Crippen LogP contribution in [0.5, 0.6) is 0 Å². The van der Waals surface area contributed by atoms with E-state index in [9.17, 15) is 4.79 Å². The zero-order chi connectivity index (χ0) is 19.0. The maximum atomic E-state index is 12.5. The summed E-state index contributed by atoms with van der Waals surface area (Å²) in [6, 6.07) is 14.6. The summed E-state index contributed by atoms with van der Waals surface area (Å²) in [5.41, 5.74) is 2.93. The summed E-state index contributed by atoms with van der Waals surface area (Å²) < 4.78 is 5.35. The van der Waals surface area contributed by atoms with Gasteiger partial charge >= 0.3 is 0 Å². The highest BCUT2D eigenvalue weighted by Crippen LogP contribution is 2.33. The van der Waals surface area contributed by atoms with E-state index in [0.717, 1.165) is 11.3 Å². The Morgan fingerprint density at radius 2 is 2.15 bits per heavy atom. The number of carbonyl (C=O) groups excluding carboxylic acids is 1. The van der Waals surface area contributed by atoms with Crippen LogP contribution >= 0.6 is 11.6 Å². The molecule has 27 heavy (non-hydrogen) atoms. The van der Waals surface area contributed by atoms with Crippen LogP contribution in [0, 0.1) is 18.3 Å². The van der Waals surface area contributed by atoms with Crippen LogP contribution in [0.2, 0.25) is 5.02 Å². The lowest BCUT2D eigenvalue weighted by molar-refractivity contribution is -0.117. The number of halogens is 1. The van der Waals surface area contributed by atoms with Gasteiger partial charge in [-0.3, -0.25) is 4.79 Å². The van der Waals surface area contributed by atoms with Crippen LogP contribution in [-0.4, -0.2) is 22.6 Å². The van der Waals surface area contributed by atoms with E-state index in [0.29, 0.717) is 40.8 Å². The number of aryl methyl sites for hydroxylation is 1. The average molecular weight is 379 g/mol. The molecule has 0 radical (unpaired) electrons. The number of amides is 1. The third-order valence-corrected chi connectivity index (χ3v) is 5.04. The fraction of sp³-hybridized carbons (Fsp3) is 0.200. The predicted octanol–water partition coefficient (Wildman–Crippen LogP) is 4.09. The van der Waals surface area contributed by atoms with Crippen molar-refractivity contribution in [2.75, 3.05) is 11.4 Å². The first-order valence-electron chi connectivity index (χ1n) is 8.46. The molecule has 6 nitrogen and oxygen atoms in total. The standard InChI is InChI=1S/C20H15ClN4O2/c1-12-5-6-16(9-17(12)21)25-11-15(8-18(25)26)19-23-20(27-24-19)14-4-2-3-13(7-14)10-22/h2-7,9,15H,8,11H2,1H3. The van der Waals surface area contributed by atoms with E-state index in [1.165, 1.54) is 0 Å². The number of carbonyl (C=O) groups is 1. The maximum absolute atomic E-state index is 12.5. The van der Waals surface area contributed by atoms with Crippen molar-refractivity contribution in [1.29, 1.82) is 5.26 Å². The molecule has 1 atom stereocenters. The maximum Gasteiger partial charge on any atom is 0.257 e. The molecule has 3 aromatic rings. The SMILES string of the molecule is Cc1ccc(N2CC(c3noc(-c4cccc(C#N)c4)n3)CC2=O)cc1Cl. The number of aromatic nitrogens is 2. The van der Waals surface area contributed by atoms with E-state index in [4.69, 9.17) is 21.4 Å². The van der Waals surface area contributed by atoms with Crippen LogP contribution in [0.1, 0.15) is 29.3 Å². The minimum Gasteiger partial charge on any atom is -0.334 e. The Hall–Kier alpha value is -3.17. The minimum atomic E-state index is -0.158. The highest BCUT2D eigenvalue weighted by Gasteiger charge is 2.34. The van der Waals surface area contributed by atoms with Gasteiger partial charge in [-0.2, -0.15) is 10.2 Å². The molecule has 1 saturated heterocycles. The van der Waals surface area contributed by atoms with Crippen LogP contribution in [0.25, 0.3) is 11.5 Å². The molecule has 0 bridgehead atoms. The molecule has 1 unspecified atom stereocenters. The molecule has 1 aliphatic heterocycles. The van der Waals surface area contributed by atoms with Gasteiger partial charge in [0.15, 0.2) is 5.82 Å². The first kappa shape index (κ1) is 17.3. The smallest absolute Gasteiger partial charge is 0.257 e. The highest BCUT2D eigenvalue weighted by atomic mass is 35.5. The van der Waals surface area contributed by atoms with Gasteiger partial charge < -0.3 is 9.42 Å². The molecule has 134 valence electrons. The van der Waals surface area contributed by atoms with Crippen molar-refractivity contribution in [2.45, 2.75) is 19.3 Å². The quantitative estimate of drug-likeness (QED) is 0.685. The van der Waals surface area contributed by atoms with E-state index in [1.54, 1.807) is 35.2 Å². The van der Waals surface area contributed by atoms with E-state index in [2.05, 4.69) is 16.2 Å². The van der Waals surface area contributed by atoms with Crippen LogP contribution in [0.3, 0.4) is 0 Å². The molecule has 2 heterocycles. The van der Waals surface area contributed by atoms with Gasteiger partial charge in [0.1, 0.15) is 0 Å². The van der Waals surface area contributed by atoms with Crippen molar-refractivity contribution in [3.63, 3.8) is 0 Å². The largest absolute Gasteiger partial charge is 0.334 e. The van der Waals surface area contributed by atoms with Gasteiger partial charge in [0.2, 0.25) is 5.91 Å². The second-order valence-corrected chi connectivity index (χ2v) is 6.90. The van der Waals surface area contributed by atoms with Gasteiger partial charge in [0.25, 0.3) is 5.89 Å². The summed E-state index contributed by atoms with van der Waals surface area (Å²) in [4.78, 5) is 18.6.